The Kier molecular flexibility index (Phi) is 4.13. The predicted molar refractivity (Wildman–Crippen MR) is 84.8 cm³/mol. The highest BCUT2D eigenvalue weighted by molar-refractivity contribution is 6.32. The average molecular weight is 321 g/mol. The highest BCUT2D eigenvalue weighted by Crippen LogP contribution is 2.29. The van der Waals surface area contributed by atoms with Crippen molar-refractivity contribution in [3.8, 4) is 0 Å². The van der Waals surface area contributed by atoms with E-state index in [2.05, 4.69) is 11.1 Å². The van der Waals surface area contributed by atoms with Gasteiger partial charge < -0.3 is 4.90 Å². The maximum atomic E-state index is 12.4. The first kappa shape index (κ1) is 14.4. The Balaban J connectivity index is 1.98. The second-order valence-corrected chi connectivity index (χ2v) is 5.79. The second kappa shape index (κ2) is 6.04. The summed E-state index contributed by atoms with van der Waals surface area (Å²) >= 11 is 12.0. The lowest BCUT2D eigenvalue weighted by molar-refractivity contribution is -0.118. The summed E-state index contributed by atoms with van der Waals surface area (Å²) in [6.07, 6.45) is 2.34. The summed E-state index contributed by atoms with van der Waals surface area (Å²) in [5.41, 5.74) is 2.96. The van der Waals surface area contributed by atoms with Crippen LogP contribution in [0.1, 0.15) is 24.0 Å². The van der Waals surface area contributed by atoms with Crippen molar-refractivity contribution in [3.63, 3.8) is 0 Å². The van der Waals surface area contributed by atoms with Gasteiger partial charge in [0.2, 0.25) is 5.91 Å². The number of rotatable bonds is 2. The maximum Gasteiger partial charge on any atom is 0.227 e. The third-order valence-electron chi connectivity index (χ3n) is 3.64. The average Bonchev–Trinajstić information content (AvgIpc) is 2.62. The Morgan fingerprint density at radius 3 is 2.71 bits per heavy atom. The zero-order valence-electron chi connectivity index (χ0n) is 11.4. The smallest absolute Gasteiger partial charge is 0.227 e. The van der Waals surface area contributed by atoms with Crippen LogP contribution in [0.4, 0.5) is 5.69 Å². The van der Waals surface area contributed by atoms with Gasteiger partial charge in [0.1, 0.15) is 10.3 Å². The second-order valence-electron chi connectivity index (χ2n) is 5.05. The van der Waals surface area contributed by atoms with Gasteiger partial charge in [-0.05, 0) is 30.5 Å². The van der Waals surface area contributed by atoms with Crippen LogP contribution in [-0.4, -0.2) is 10.9 Å². The molecule has 0 N–H and O–H groups in total. The molecule has 2 aromatic rings. The summed E-state index contributed by atoms with van der Waals surface area (Å²) in [4.78, 5) is 18.2. The lowest BCUT2D eigenvalue weighted by Gasteiger charge is -2.23. The molecule has 0 aliphatic carbocycles. The number of fused-ring (bicyclic) bond motifs is 1. The normalized spacial score (nSPS) is 14.8. The summed E-state index contributed by atoms with van der Waals surface area (Å²) in [6.45, 7) is 0.416. The Hall–Kier alpha value is -1.58. The number of aryl methyl sites for hydroxylation is 1. The highest BCUT2D eigenvalue weighted by atomic mass is 35.5. The van der Waals surface area contributed by atoms with E-state index in [0.29, 0.717) is 23.3 Å². The van der Waals surface area contributed by atoms with E-state index in [1.165, 1.54) is 5.56 Å². The van der Waals surface area contributed by atoms with E-state index >= 15 is 0 Å². The number of hydrogen-bond acceptors (Lipinski definition) is 2. The number of benzene rings is 1. The molecule has 3 rings (SSSR count). The number of anilines is 1. The first-order valence-corrected chi connectivity index (χ1v) is 7.60. The zero-order chi connectivity index (χ0) is 14.8. The number of aromatic nitrogens is 1. The van der Waals surface area contributed by atoms with Gasteiger partial charge in [0.15, 0.2) is 0 Å². The molecular weight excluding hydrogens is 307 g/mol. The van der Waals surface area contributed by atoms with Crippen LogP contribution in [0.25, 0.3) is 0 Å². The van der Waals surface area contributed by atoms with Gasteiger partial charge in [0.25, 0.3) is 0 Å². The van der Waals surface area contributed by atoms with Crippen LogP contribution in [0.15, 0.2) is 36.4 Å². The molecule has 0 atom stereocenters. The fraction of sp³-hybridized carbons (Fsp3) is 0.250. The van der Waals surface area contributed by atoms with Crippen molar-refractivity contribution in [3.05, 3.63) is 57.8 Å². The topological polar surface area (TPSA) is 33.2 Å². The number of nitrogens with zero attached hydrogens (tertiary/aromatic N) is 2. The predicted octanol–water partition coefficient (Wildman–Crippen LogP) is 4.26. The van der Waals surface area contributed by atoms with Gasteiger partial charge in [0.05, 0.1) is 6.54 Å². The first-order chi connectivity index (χ1) is 10.1. The minimum absolute atomic E-state index is 0.117. The number of amides is 1. The van der Waals surface area contributed by atoms with Gasteiger partial charge in [-0.15, -0.1) is 0 Å². The largest absolute Gasteiger partial charge is 0.308 e. The molecule has 21 heavy (non-hydrogen) atoms. The lowest BCUT2D eigenvalue weighted by atomic mass is 10.1. The molecule has 108 valence electrons. The summed E-state index contributed by atoms with van der Waals surface area (Å²) in [6, 6.07) is 11.5. The Bertz CT molecular complexity index is 688. The molecule has 2 heterocycles. The summed E-state index contributed by atoms with van der Waals surface area (Å²) in [5.74, 6) is 0.117. The van der Waals surface area contributed by atoms with Gasteiger partial charge in [-0.2, -0.15) is 0 Å². The van der Waals surface area contributed by atoms with Gasteiger partial charge in [-0.1, -0.05) is 47.5 Å². The number of halogens is 2. The van der Waals surface area contributed by atoms with Crippen molar-refractivity contribution in [1.29, 1.82) is 0 Å². The van der Waals surface area contributed by atoms with Crippen LogP contribution in [0, 0.1) is 0 Å². The van der Waals surface area contributed by atoms with E-state index in [9.17, 15) is 4.79 Å². The summed E-state index contributed by atoms with van der Waals surface area (Å²) < 4.78 is 0. The first-order valence-electron chi connectivity index (χ1n) is 6.84. The standard InChI is InChI=1S/C16H14Cl2N2O/c17-14-9-8-12(16(18)19-14)10-20-13-6-2-1-4-11(13)5-3-7-15(20)21/h1-2,4,6,8-9H,3,5,7,10H2. The number of pyridine rings is 1. The molecule has 1 amide bonds. The molecular formula is C16H14Cl2N2O. The van der Waals surface area contributed by atoms with Crippen molar-refractivity contribution in [2.45, 2.75) is 25.8 Å². The summed E-state index contributed by atoms with van der Waals surface area (Å²) in [7, 11) is 0. The van der Waals surface area contributed by atoms with Crippen LogP contribution in [0.2, 0.25) is 10.3 Å². The third kappa shape index (κ3) is 3.04. The van der Waals surface area contributed by atoms with E-state index < -0.39 is 0 Å². The highest BCUT2D eigenvalue weighted by Gasteiger charge is 2.22. The van der Waals surface area contributed by atoms with Crippen molar-refractivity contribution in [2.24, 2.45) is 0 Å². The van der Waals surface area contributed by atoms with Crippen LogP contribution >= 0.6 is 23.2 Å². The molecule has 0 saturated heterocycles. The van der Waals surface area contributed by atoms with Crippen LogP contribution < -0.4 is 4.90 Å². The van der Waals surface area contributed by atoms with Crippen LogP contribution in [0.3, 0.4) is 0 Å². The molecule has 5 heteroatoms. The number of carbonyl (C=O) groups excluding carboxylic acids is 1. The Morgan fingerprint density at radius 2 is 1.90 bits per heavy atom. The Labute approximate surface area is 133 Å². The minimum atomic E-state index is 0.117. The zero-order valence-corrected chi connectivity index (χ0v) is 12.9. The monoisotopic (exact) mass is 320 g/mol. The van der Waals surface area contributed by atoms with Gasteiger partial charge >= 0.3 is 0 Å². The number of carbonyl (C=O) groups is 1. The fourth-order valence-electron chi connectivity index (χ4n) is 2.59. The molecule has 0 radical (unpaired) electrons. The molecule has 1 aromatic heterocycles. The number of para-hydroxylation sites is 1. The fourth-order valence-corrected chi connectivity index (χ4v) is 2.99. The van der Waals surface area contributed by atoms with E-state index in [1.54, 1.807) is 11.0 Å². The molecule has 3 nitrogen and oxygen atoms in total. The number of hydrogen-bond donors (Lipinski definition) is 0. The quantitative estimate of drug-likeness (QED) is 0.775. The van der Waals surface area contributed by atoms with Gasteiger partial charge in [0, 0.05) is 17.7 Å². The molecule has 0 fully saturated rings. The molecule has 1 aromatic carbocycles. The molecule has 0 unspecified atom stereocenters. The Morgan fingerprint density at radius 1 is 1.10 bits per heavy atom. The van der Waals surface area contributed by atoms with E-state index in [1.807, 2.05) is 24.3 Å². The molecule has 1 aliphatic heterocycles. The molecule has 1 aliphatic rings. The SMILES string of the molecule is O=C1CCCc2ccccc2N1Cc1ccc(Cl)nc1Cl. The van der Waals surface area contributed by atoms with E-state index in [-0.39, 0.29) is 5.91 Å². The van der Waals surface area contributed by atoms with Gasteiger partial charge in [-0.25, -0.2) is 4.98 Å². The van der Waals surface area contributed by atoms with Crippen LogP contribution in [-0.2, 0) is 17.8 Å². The van der Waals surface area contributed by atoms with E-state index in [0.717, 1.165) is 24.1 Å². The van der Waals surface area contributed by atoms with Crippen molar-refractivity contribution < 1.29 is 4.79 Å². The van der Waals surface area contributed by atoms with Crippen molar-refractivity contribution >= 4 is 34.8 Å². The van der Waals surface area contributed by atoms with Gasteiger partial charge in [-0.3, -0.25) is 4.79 Å². The van der Waals surface area contributed by atoms with Crippen molar-refractivity contribution in [1.82, 2.24) is 4.98 Å². The minimum Gasteiger partial charge on any atom is -0.308 e. The van der Waals surface area contributed by atoms with Crippen molar-refractivity contribution in [2.75, 3.05) is 4.90 Å². The van der Waals surface area contributed by atoms with Crippen LogP contribution in [0.5, 0.6) is 0 Å². The molecule has 0 bridgehead atoms. The summed E-state index contributed by atoms with van der Waals surface area (Å²) in [5, 5.41) is 0.698. The lowest BCUT2D eigenvalue weighted by Crippen LogP contribution is -2.29. The maximum absolute atomic E-state index is 12.4. The molecule has 0 saturated carbocycles. The van der Waals surface area contributed by atoms with E-state index in [4.69, 9.17) is 23.2 Å². The molecule has 0 spiro atoms. The third-order valence-corrected chi connectivity index (χ3v) is 4.18.